The van der Waals surface area contributed by atoms with Crippen LogP contribution in [0.2, 0.25) is 0 Å². The zero-order valence-electron chi connectivity index (χ0n) is 5.36. The predicted molar refractivity (Wildman–Crippen MR) is 30.3 cm³/mol. The Hall–Kier alpha value is -1.61. The fraction of sp³-hybridized carbons (Fsp3) is 0.200. The molecule has 0 atom stereocenters. The number of rotatable bonds is 0. The van der Waals surface area contributed by atoms with Crippen molar-refractivity contribution in [2.24, 2.45) is 0 Å². The molecule has 0 aliphatic rings. The summed E-state index contributed by atoms with van der Waals surface area (Å²) in [7, 11) is 0. The maximum absolute atomic E-state index is 8.33. The van der Waals surface area contributed by atoms with Crippen LogP contribution in [-0.4, -0.2) is 12.2 Å². The molecule has 0 saturated heterocycles. The Kier molecular flexibility index (Phi) is 41.4. The van der Waals surface area contributed by atoms with Gasteiger partial charge in [0.1, 0.15) is 0 Å². The van der Waals surface area contributed by atoms with Gasteiger partial charge in [0.25, 0.3) is 0 Å². The molecule has 0 aromatic heterocycles. The second kappa shape index (κ2) is 26.3. The van der Waals surface area contributed by atoms with Gasteiger partial charge in [-0.25, -0.2) is 0 Å². The van der Waals surface area contributed by atoms with Crippen molar-refractivity contribution >= 4 is 12.2 Å². The van der Waals surface area contributed by atoms with Gasteiger partial charge in [0.2, 0.25) is 0 Å². The Labute approximate surface area is 58.1 Å². The van der Waals surface area contributed by atoms with Crippen LogP contribution in [-0.2, 0) is 4.79 Å². The summed E-state index contributed by atoms with van der Waals surface area (Å²) in [5.41, 5.74) is 0. The molecule has 0 spiro atoms. The first-order valence-electron chi connectivity index (χ1n) is 2.03. The number of isocyanates is 1. The van der Waals surface area contributed by atoms with Gasteiger partial charge in [-0.05, 0) is 19.2 Å². The molecule has 0 aromatic carbocycles. The second-order valence-electron chi connectivity index (χ2n) is 0.750. The van der Waals surface area contributed by atoms with Gasteiger partial charge in [0, 0.05) is 0 Å². The van der Waals surface area contributed by atoms with Crippen molar-refractivity contribution in [3.05, 3.63) is 18.1 Å². The molecule has 10 heavy (non-hydrogen) atoms. The second-order valence-corrected chi connectivity index (χ2v) is 0.750. The number of allylic oxidation sites excluding steroid dienone is 1. The summed E-state index contributed by atoms with van der Waals surface area (Å²) in [5, 5.41) is 23.4. The van der Waals surface area contributed by atoms with Gasteiger partial charge in [-0.3, -0.25) is 4.79 Å². The van der Waals surface area contributed by atoms with Gasteiger partial charge >= 0.3 is 0 Å². The van der Waals surface area contributed by atoms with E-state index in [0.717, 1.165) is 0 Å². The lowest BCUT2D eigenvalue weighted by Crippen LogP contribution is -2.37. The number of nitrogens with zero attached hydrogens (tertiary/aromatic N) is 1. The van der Waals surface area contributed by atoms with Crippen LogP contribution in [0.4, 0.5) is 4.79 Å². The Bertz CT molecular complexity index is 111. The van der Waals surface area contributed by atoms with Crippen molar-refractivity contribution in [2.75, 3.05) is 0 Å². The van der Waals surface area contributed by atoms with Crippen molar-refractivity contribution in [3.63, 3.8) is 0 Å². The molecule has 0 heterocycles. The number of carbonyl (C=O) groups is 1. The van der Waals surface area contributed by atoms with E-state index in [1.54, 1.807) is 6.08 Å². The molecular weight excluding hydrogens is 138 g/mol. The van der Waals surface area contributed by atoms with E-state index in [1.165, 1.54) is 0 Å². The van der Waals surface area contributed by atoms with E-state index in [0.29, 0.717) is 6.08 Å². The number of carboxylic acid groups (broad SMARTS) is 2. The van der Waals surface area contributed by atoms with Crippen LogP contribution in [0.5, 0.6) is 0 Å². The minimum Gasteiger partial charge on any atom is -0.724 e. The zero-order chi connectivity index (χ0) is 8.99. The van der Waals surface area contributed by atoms with E-state index in [4.69, 9.17) is 25.2 Å². The van der Waals surface area contributed by atoms with Crippen LogP contribution in [0.1, 0.15) is 6.92 Å². The van der Waals surface area contributed by atoms with Crippen molar-refractivity contribution in [1.29, 1.82) is 0 Å². The van der Waals surface area contributed by atoms with Gasteiger partial charge in [-0.15, -0.1) is 6.58 Å². The molecule has 0 radical (unpaired) electrons. The first kappa shape index (κ1) is 15.8. The lowest BCUT2D eigenvalue weighted by Gasteiger charge is -1.96. The molecule has 0 aromatic rings. The van der Waals surface area contributed by atoms with Crippen LogP contribution in [0, 0.1) is 0 Å². The Morgan fingerprint density at radius 2 is 1.70 bits per heavy atom. The van der Waals surface area contributed by atoms with E-state index in [9.17, 15) is 0 Å². The summed E-state index contributed by atoms with van der Waals surface area (Å²) < 4.78 is 0. The highest BCUT2D eigenvalue weighted by atomic mass is 16.6. The zero-order valence-corrected chi connectivity index (χ0v) is 5.36. The lowest BCUT2D eigenvalue weighted by atomic mass is 10.8. The lowest BCUT2D eigenvalue weighted by molar-refractivity contribution is -0.415. The largest absolute Gasteiger partial charge is 0.724 e. The monoisotopic (exact) mass is 144 g/mol. The minimum atomic E-state index is -2.33. The van der Waals surface area contributed by atoms with E-state index in [1.807, 2.05) is 6.92 Å². The molecule has 58 valence electrons. The molecule has 0 amide bonds. The van der Waals surface area contributed by atoms with Crippen LogP contribution < -0.4 is 10.2 Å². The fourth-order valence-electron chi connectivity index (χ4n) is 0. The Balaban J connectivity index is -0.0000000750. The van der Waals surface area contributed by atoms with Gasteiger partial charge < -0.3 is 20.4 Å². The maximum atomic E-state index is 8.33. The minimum absolute atomic E-state index is 0.500. The third kappa shape index (κ3) is 71.6. The Morgan fingerprint density at radius 3 is 1.70 bits per heavy atom. The number of hydrogen-bond donors (Lipinski definition) is 0. The summed E-state index contributed by atoms with van der Waals surface area (Å²) in [6.45, 7) is 5.25. The normalized spacial score (nSPS) is 4.50. The summed E-state index contributed by atoms with van der Waals surface area (Å²) in [5.74, 6) is 0. The fourth-order valence-corrected chi connectivity index (χ4v) is 0. The molecule has 0 bridgehead atoms. The van der Waals surface area contributed by atoms with Crippen molar-refractivity contribution in [1.82, 2.24) is 0 Å². The van der Waals surface area contributed by atoms with Crippen LogP contribution in [0.25, 0.3) is 5.41 Å². The molecule has 0 fully saturated rings. The van der Waals surface area contributed by atoms with E-state index in [2.05, 4.69) is 6.58 Å². The standard InChI is InChI=1S/C3H6.CNO.CH2O3/c1-3-2;2-1-3;2-1(3)4/h3H,1H2,2H3;;(H2,2,3,4)/q;-1;/p-2. The van der Waals surface area contributed by atoms with Gasteiger partial charge in [0.05, 0.1) is 0 Å². The van der Waals surface area contributed by atoms with Gasteiger partial charge in [0.15, 0.2) is 0 Å². The molecule has 0 aliphatic carbocycles. The number of hydrogen-bond acceptors (Lipinski definition) is 4. The molecule has 0 saturated carbocycles. The van der Waals surface area contributed by atoms with Crippen LogP contribution >= 0.6 is 0 Å². The van der Waals surface area contributed by atoms with E-state index in [-0.39, 0.29) is 0 Å². The average molecular weight is 144 g/mol. The quantitative estimate of drug-likeness (QED) is 0.238. The molecule has 0 aliphatic heterocycles. The Morgan fingerprint density at radius 1 is 1.70 bits per heavy atom. The SMILES string of the molecule is C=CC.O=C([O-])[O-].[N-]=C=O. The summed E-state index contributed by atoms with van der Waals surface area (Å²) in [6, 6.07) is 0. The van der Waals surface area contributed by atoms with E-state index >= 15 is 0 Å². The molecule has 0 unspecified atom stereocenters. The molecule has 5 heteroatoms. The first-order chi connectivity index (χ1) is 4.56. The van der Waals surface area contributed by atoms with Crippen molar-refractivity contribution in [2.45, 2.75) is 6.92 Å². The highest BCUT2D eigenvalue weighted by Gasteiger charge is 1.26. The molecular formula is C5H6NO4-3. The predicted octanol–water partition coefficient (Wildman–Crippen LogP) is -1.36. The van der Waals surface area contributed by atoms with Crippen molar-refractivity contribution < 1.29 is 19.8 Å². The molecule has 0 N–H and O–H groups in total. The van der Waals surface area contributed by atoms with Crippen LogP contribution in [0.15, 0.2) is 12.7 Å². The molecule has 5 nitrogen and oxygen atoms in total. The maximum Gasteiger partial charge on any atom is -0.0159 e. The summed E-state index contributed by atoms with van der Waals surface area (Å²) in [4.78, 5) is 16.6. The highest BCUT2D eigenvalue weighted by Crippen LogP contribution is 1.38. The van der Waals surface area contributed by atoms with E-state index < -0.39 is 6.16 Å². The molecule has 0 rings (SSSR count). The third-order valence-electron chi connectivity index (χ3n) is 0. The summed E-state index contributed by atoms with van der Waals surface area (Å²) >= 11 is 0. The third-order valence-corrected chi connectivity index (χ3v) is 0. The smallest absolute Gasteiger partial charge is 0.0159 e. The van der Waals surface area contributed by atoms with Gasteiger partial charge in [-0.2, -0.15) is 0 Å². The highest BCUT2D eigenvalue weighted by molar-refractivity contribution is 5.47. The van der Waals surface area contributed by atoms with Gasteiger partial charge in [-0.1, -0.05) is 6.08 Å². The van der Waals surface area contributed by atoms with Crippen molar-refractivity contribution in [3.8, 4) is 0 Å². The topological polar surface area (TPSA) is 103 Å². The number of carbonyl (C=O) groups excluding carboxylic acids is 2. The first-order valence-corrected chi connectivity index (χ1v) is 2.03. The van der Waals surface area contributed by atoms with Crippen LogP contribution in [0.3, 0.4) is 0 Å². The average Bonchev–Trinajstić information content (AvgIpc) is 1.65. The summed E-state index contributed by atoms with van der Waals surface area (Å²) in [6.07, 6.45) is -0.0833.